The van der Waals surface area contributed by atoms with Gasteiger partial charge in [-0.2, -0.15) is 5.10 Å². The molecule has 1 aliphatic rings. The second-order valence-corrected chi connectivity index (χ2v) is 6.97. The molecule has 8 heteroatoms. The number of hydrogen-bond donors (Lipinski definition) is 2. The van der Waals surface area contributed by atoms with Crippen LogP contribution < -0.4 is 15.8 Å². The summed E-state index contributed by atoms with van der Waals surface area (Å²) in [7, 11) is 1.58. The maximum absolute atomic E-state index is 12.6. The van der Waals surface area contributed by atoms with Gasteiger partial charge in [0.15, 0.2) is 0 Å². The van der Waals surface area contributed by atoms with Gasteiger partial charge in [-0.1, -0.05) is 6.07 Å². The average molecular weight is 395 g/mol. The lowest BCUT2D eigenvalue weighted by Crippen LogP contribution is -2.41. The normalized spacial score (nSPS) is 14.8. The molecular weight excluding hydrogens is 370 g/mol. The maximum atomic E-state index is 12.6. The van der Waals surface area contributed by atoms with Crippen molar-refractivity contribution < 1.29 is 14.3 Å². The smallest absolute Gasteiger partial charge is 0.251 e. The number of fused-ring (bicyclic) bond motifs is 1. The fraction of sp³-hybridized carbons (Fsp3) is 0.333. The van der Waals surface area contributed by atoms with Crippen LogP contribution in [0.15, 0.2) is 42.6 Å². The van der Waals surface area contributed by atoms with Gasteiger partial charge in [0.1, 0.15) is 5.75 Å². The summed E-state index contributed by atoms with van der Waals surface area (Å²) in [5.74, 6) is 0.495. The molecule has 0 aliphatic carbocycles. The van der Waals surface area contributed by atoms with E-state index in [2.05, 4.69) is 15.3 Å². The number of nitrogens with zero attached hydrogens (tertiary/aromatic N) is 3. The molecule has 1 aliphatic heterocycles. The fourth-order valence-electron chi connectivity index (χ4n) is 3.49. The molecule has 0 unspecified atom stereocenters. The summed E-state index contributed by atoms with van der Waals surface area (Å²) >= 11 is 0. The van der Waals surface area contributed by atoms with Crippen molar-refractivity contribution in [3.05, 3.63) is 48.2 Å². The predicted octanol–water partition coefficient (Wildman–Crippen LogP) is 1.68. The minimum absolute atomic E-state index is 0.0987. The number of anilines is 1. The molecule has 4 rings (SSSR count). The second-order valence-electron chi connectivity index (χ2n) is 6.97. The van der Waals surface area contributed by atoms with Gasteiger partial charge in [0.05, 0.1) is 43.4 Å². The molecule has 1 amide bonds. The van der Waals surface area contributed by atoms with Crippen LogP contribution in [0.5, 0.6) is 5.75 Å². The molecule has 152 valence electrons. The van der Waals surface area contributed by atoms with Crippen molar-refractivity contribution in [2.24, 2.45) is 0 Å². The molecule has 1 fully saturated rings. The van der Waals surface area contributed by atoms with Crippen molar-refractivity contribution in [1.82, 2.24) is 20.0 Å². The van der Waals surface area contributed by atoms with Crippen molar-refractivity contribution in [1.29, 1.82) is 0 Å². The average Bonchev–Trinajstić information content (AvgIpc) is 3.16. The van der Waals surface area contributed by atoms with Gasteiger partial charge in [-0.05, 0) is 24.3 Å². The number of nitrogens with one attached hydrogen (secondary N) is 1. The third-order valence-corrected chi connectivity index (χ3v) is 5.09. The number of ether oxygens (including phenoxy) is 2. The molecule has 0 bridgehead atoms. The molecule has 0 saturated carbocycles. The molecule has 1 saturated heterocycles. The zero-order chi connectivity index (χ0) is 20.2. The van der Waals surface area contributed by atoms with Crippen LogP contribution in [0.3, 0.4) is 0 Å². The highest BCUT2D eigenvalue weighted by Gasteiger charge is 2.13. The summed E-state index contributed by atoms with van der Waals surface area (Å²) in [6.45, 7) is 4.75. The number of rotatable bonds is 6. The van der Waals surface area contributed by atoms with Crippen LogP contribution in [0, 0.1) is 0 Å². The second kappa shape index (κ2) is 8.50. The van der Waals surface area contributed by atoms with Gasteiger partial charge in [-0.15, -0.1) is 0 Å². The van der Waals surface area contributed by atoms with Gasteiger partial charge in [0, 0.05) is 43.2 Å². The van der Waals surface area contributed by atoms with Crippen LogP contribution in [0.1, 0.15) is 10.4 Å². The molecule has 3 aromatic rings. The molecule has 1 aromatic heterocycles. The SMILES string of the molecule is COc1cc2c(cnn2-c2cccc(C(=O)NCCN3CCOCC3)c2)cc1N. The zero-order valence-electron chi connectivity index (χ0n) is 16.4. The monoisotopic (exact) mass is 395 g/mol. The quantitative estimate of drug-likeness (QED) is 0.617. The Hall–Kier alpha value is -3.10. The van der Waals surface area contributed by atoms with Crippen LogP contribution in [0.4, 0.5) is 5.69 Å². The van der Waals surface area contributed by atoms with Crippen LogP contribution in [-0.2, 0) is 4.74 Å². The van der Waals surface area contributed by atoms with E-state index in [0.29, 0.717) is 23.5 Å². The van der Waals surface area contributed by atoms with Gasteiger partial charge in [-0.25, -0.2) is 4.68 Å². The number of methoxy groups -OCH3 is 1. The summed E-state index contributed by atoms with van der Waals surface area (Å²) in [6, 6.07) is 11.1. The Morgan fingerprint density at radius 1 is 1.28 bits per heavy atom. The minimum atomic E-state index is -0.0987. The lowest BCUT2D eigenvalue weighted by molar-refractivity contribution is 0.0383. The van der Waals surface area contributed by atoms with Crippen LogP contribution in [-0.4, -0.2) is 67.1 Å². The van der Waals surface area contributed by atoms with Crippen molar-refractivity contribution in [2.45, 2.75) is 0 Å². The van der Waals surface area contributed by atoms with Crippen LogP contribution in [0.2, 0.25) is 0 Å². The Balaban J connectivity index is 1.49. The summed E-state index contributed by atoms with van der Waals surface area (Å²) in [5.41, 5.74) is 8.80. The molecule has 2 aromatic carbocycles. The predicted molar refractivity (Wildman–Crippen MR) is 112 cm³/mol. The van der Waals surface area contributed by atoms with E-state index in [0.717, 1.165) is 49.4 Å². The number of hydrogen-bond acceptors (Lipinski definition) is 6. The van der Waals surface area contributed by atoms with Crippen molar-refractivity contribution in [3.8, 4) is 11.4 Å². The lowest BCUT2D eigenvalue weighted by atomic mass is 10.1. The van der Waals surface area contributed by atoms with Crippen molar-refractivity contribution in [3.63, 3.8) is 0 Å². The number of nitrogen functional groups attached to an aromatic ring is 1. The number of benzene rings is 2. The number of amides is 1. The molecule has 2 heterocycles. The lowest BCUT2D eigenvalue weighted by Gasteiger charge is -2.26. The number of carbonyl (C=O) groups excluding carboxylic acids is 1. The van der Waals surface area contributed by atoms with Gasteiger partial charge in [-0.3, -0.25) is 9.69 Å². The van der Waals surface area contributed by atoms with Crippen molar-refractivity contribution in [2.75, 3.05) is 52.2 Å². The van der Waals surface area contributed by atoms with Gasteiger partial charge in [0.2, 0.25) is 0 Å². The standard InChI is InChI=1S/C21H25N5O3/c1-28-20-13-19-16(12-18(20)22)14-24-26(19)17-4-2-3-15(11-17)21(27)23-5-6-25-7-9-29-10-8-25/h2-4,11-14H,5-10,22H2,1H3,(H,23,27). The first-order valence-corrected chi connectivity index (χ1v) is 9.65. The molecule has 8 nitrogen and oxygen atoms in total. The molecule has 29 heavy (non-hydrogen) atoms. The Kier molecular flexibility index (Phi) is 5.64. The zero-order valence-corrected chi connectivity index (χ0v) is 16.4. The fourth-order valence-corrected chi connectivity index (χ4v) is 3.49. The van der Waals surface area contributed by atoms with E-state index in [9.17, 15) is 4.79 Å². The van der Waals surface area contributed by atoms with E-state index in [-0.39, 0.29) is 5.91 Å². The van der Waals surface area contributed by atoms with Crippen LogP contribution in [0.25, 0.3) is 16.6 Å². The van der Waals surface area contributed by atoms with E-state index in [1.165, 1.54) is 0 Å². The number of nitrogens with two attached hydrogens (primary N) is 1. The Bertz CT molecular complexity index is 1010. The highest BCUT2D eigenvalue weighted by molar-refractivity contribution is 5.95. The first-order valence-electron chi connectivity index (χ1n) is 9.65. The Morgan fingerprint density at radius 2 is 2.10 bits per heavy atom. The van der Waals surface area contributed by atoms with E-state index < -0.39 is 0 Å². The first-order chi connectivity index (χ1) is 14.2. The summed E-state index contributed by atoms with van der Waals surface area (Å²) in [4.78, 5) is 14.9. The first kappa shape index (κ1) is 19.2. The summed E-state index contributed by atoms with van der Waals surface area (Å²) in [6.07, 6.45) is 1.75. The van der Waals surface area contributed by atoms with E-state index in [1.807, 2.05) is 30.3 Å². The molecule has 0 spiro atoms. The summed E-state index contributed by atoms with van der Waals surface area (Å²) < 4.78 is 12.5. The Morgan fingerprint density at radius 3 is 2.90 bits per heavy atom. The third kappa shape index (κ3) is 4.18. The third-order valence-electron chi connectivity index (χ3n) is 5.09. The van der Waals surface area contributed by atoms with E-state index in [1.54, 1.807) is 24.1 Å². The van der Waals surface area contributed by atoms with Crippen molar-refractivity contribution >= 4 is 22.5 Å². The van der Waals surface area contributed by atoms with Gasteiger partial charge in [0.25, 0.3) is 5.91 Å². The topological polar surface area (TPSA) is 94.6 Å². The number of carbonyl (C=O) groups is 1. The van der Waals surface area contributed by atoms with E-state index >= 15 is 0 Å². The van der Waals surface area contributed by atoms with Gasteiger partial charge >= 0.3 is 0 Å². The molecule has 3 N–H and O–H groups in total. The molecule has 0 atom stereocenters. The molecule has 0 radical (unpaired) electrons. The van der Waals surface area contributed by atoms with Crippen LogP contribution >= 0.6 is 0 Å². The highest BCUT2D eigenvalue weighted by atomic mass is 16.5. The number of aromatic nitrogens is 2. The van der Waals surface area contributed by atoms with Gasteiger partial charge < -0.3 is 20.5 Å². The Labute approximate surface area is 169 Å². The number of morpholine rings is 1. The minimum Gasteiger partial charge on any atom is -0.495 e. The van der Waals surface area contributed by atoms with E-state index in [4.69, 9.17) is 15.2 Å². The molecular formula is C21H25N5O3. The maximum Gasteiger partial charge on any atom is 0.251 e. The highest BCUT2D eigenvalue weighted by Crippen LogP contribution is 2.29. The summed E-state index contributed by atoms with van der Waals surface area (Å²) in [5, 5.41) is 8.36. The largest absolute Gasteiger partial charge is 0.495 e.